The van der Waals surface area contributed by atoms with E-state index in [1.54, 1.807) is 26.0 Å². The number of rotatable bonds is 5. The van der Waals surface area contributed by atoms with Crippen molar-refractivity contribution in [3.8, 4) is 5.75 Å². The molecule has 6 heteroatoms. The summed E-state index contributed by atoms with van der Waals surface area (Å²) in [5.74, 6) is -0.0818. The zero-order valence-electron chi connectivity index (χ0n) is 15.1. The lowest BCUT2D eigenvalue weighted by molar-refractivity contribution is 0.0732. The number of sulfonamides is 1. The molecule has 0 saturated carbocycles. The van der Waals surface area contributed by atoms with Gasteiger partial charge in [0.25, 0.3) is 0 Å². The van der Waals surface area contributed by atoms with Crippen LogP contribution in [0.25, 0.3) is 0 Å². The van der Waals surface area contributed by atoms with Crippen molar-refractivity contribution in [2.45, 2.75) is 38.6 Å². The van der Waals surface area contributed by atoms with Gasteiger partial charge in [0.05, 0.1) is 10.5 Å². The number of nitrogens with zero attached hydrogens (tertiary/aromatic N) is 1. The van der Waals surface area contributed by atoms with E-state index in [0.29, 0.717) is 5.75 Å². The first-order valence-corrected chi connectivity index (χ1v) is 9.45. The van der Waals surface area contributed by atoms with Crippen molar-refractivity contribution in [3.05, 3.63) is 59.2 Å². The van der Waals surface area contributed by atoms with Crippen molar-refractivity contribution in [1.82, 2.24) is 4.31 Å². The van der Waals surface area contributed by atoms with Crippen LogP contribution in [0.5, 0.6) is 5.75 Å². The van der Waals surface area contributed by atoms with Crippen molar-refractivity contribution in [2.24, 2.45) is 0 Å². The summed E-state index contributed by atoms with van der Waals surface area (Å²) in [5, 5.41) is 0. The molecule has 0 unspecified atom stereocenters. The van der Waals surface area contributed by atoms with Gasteiger partial charge in [0.15, 0.2) is 0 Å². The minimum Gasteiger partial charge on any atom is -0.422 e. The topological polar surface area (TPSA) is 63.7 Å². The molecule has 2 aromatic rings. The molecular weight excluding hydrogens is 338 g/mol. The highest BCUT2D eigenvalue weighted by Crippen LogP contribution is 2.24. The molecule has 2 aromatic carbocycles. The second kappa shape index (κ2) is 7.37. The Morgan fingerprint density at radius 3 is 2.16 bits per heavy atom. The summed E-state index contributed by atoms with van der Waals surface area (Å²) in [7, 11) is -2.14. The maximum Gasteiger partial charge on any atom is 0.343 e. The van der Waals surface area contributed by atoms with Gasteiger partial charge in [-0.1, -0.05) is 24.3 Å². The van der Waals surface area contributed by atoms with Crippen LogP contribution < -0.4 is 4.74 Å². The van der Waals surface area contributed by atoms with Crippen LogP contribution in [-0.4, -0.2) is 31.8 Å². The predicted octanol–water partition coefficient (Wildman–Crippen LogP) is 3.55. The van der Waals surface area contributed by atoms with E-state index in [-0.39, 0.29) is 16.5 Å². The highest BCUT2D eigenvalue weighted by molar-refractivity contribution is 7.89. The van der Waals surface area contributed by atoms with Gasteiger partial charge in [-0.25, -0.2) is 13.2 Å². The molecule has 0 aliphatic rings. The molecule has 0 fully saturated rings. The Morgan fingerprint density at radius 2 is 1.60 bits per heavy atom. The zero-order chi connectivity index (χ0) is 18.8. The van der Waals surface area contributed by atoms with E-state index in [0.717, 1.165) is 11.1 Å². The fourth-order valence-corrected chi connectivity index (χ4v) is 3.75. The molecule has 0 bridgehead atoms. The van der Waals surface area contributed by atoms with Crippen LogP contribution in [0.4, 0.5) is 0 Å². The van der Waals surface area contributed by atoms with Crippen LogP contribution >= 0.6 is 0 Å². The average Bonchev–Trinajstić information content (AvgIpc) is 2.57. The molecule has 0 N–H and O–H groups in total. The SMILES string of the molecule is Cc1cccc(C)c1OC(=O)c1cccc(S(=O)(=O)N(C)C(C)C)c1. The van der Waals surface area contributed by atoms with Crippen molar-refractivity contribution in [1.29, 1.82) is 0 Å². The number of hydrogen-bond acceptors (Lipinski definition) is 4. The third-order valence-electron chi connectivity index (χ3n) is 4.08. The number of ether oxygens (including phenoxy) is 1. The van der Waals surface area contributed by atoms with Crippen LogP contribution in [0.15, 0.2) is 47.4 Å². The van der Waals surface area contributed by atoms with Crippen LogP contribution in [0, 0.1) is 13.8 Å². The molecule has 0 aliphatic heterocycles. The van der Waals surface area contributed by atoms with E-state index in [1.807, 2.05) is 32.0 Å². The summed E-state index contributed by atoms with van der Waals surface area (Å²) < 4.78 is 31.9. The molecule has 0 aromatic heterocycles. The van der Waals surface area contributed by atoms with Crippen LogP contribution in [0.2, 0.25) is 0 Å². The van der Waals surface area contributed by atoms with Gasteiger partial charge in [0, 0.05) is 13.1 Å². The summed E-state index contributed by atoms with van der Waals surface area (Å²) in [6, 6.07) is 11.3. The molecule has 134 valence electrons. The van der Waals surface area contributed by atoms with Crippen molar-refractivity contribution >= 4 is 16.0 Å². The summed E-state index contributed by atoms with van der Waals surface area (Å²) in [6.07, 6.45) is 0. The molecule has 0 saturated heterocycles. The second-order valence-corrected chi connectivity index (χ2v) is 8.25. The average molecular weight is 361 g/mol. The Kier molecular flexibility index (Phi) is 5.65. The van der Waals surface area contributed by atoms with E-state index in [2.05, 4.69) is 0 Å². The summed E-state index contributed by atoms with van der Waals surface area (Å²) in [6.45, 7) is 7.29. The molecule has 25 heavy (non-hydrogen) atoms. The molecule has 0 spiro atoms. The van der Waals surface area contributed by atoms with Gasteiger partial charge in [-0.3, -0.25) is 0 Å². The van der Waals surface area contributed by atoms with Crippen LogP contribution in [0.3, 0.4) is 0 Å². The number of carbonyl (C=O) groups is 1. The fourth-order valence-electron chi connectivity index (χ4n) is 2.34. The molecule has 0 amide bonds. The minimum absolute atomic E-state index is 0.0691. The normalized spacial score (nSPS) is 11.8. The van der Waals surface area contributed by atoms with E-state index in [9.17, 15) is 13.2 Å². The molecule has 0 heterocycles. The van der Waals surface area contributed by atoms with Crippen molar-refractivity contribution < 1.29 is 17.9 Å². The Bertz CT molecular complexity index is 868. The quantitative estimate of drug-likeness (QED) is 0.603. The van der Waals surface area contributed by atoms with Gasteiger partial charge < -0.3 is 4.74 Å². The van der Waals surface area contributed by atoms with E-state index in [4.69, 9.17) is 4.74 Å². The number of hydrogen-bond donors (Lipinski definition) is 0. The monoisotopic (exact) mass is 361 g/mol. The van der Waals surface area contributed by atoms with E-state index in [1.165, 1.54) is 23.5 Å². The van der Waals surface area contributed by atoms with Gasteiger partial charge in [-0.15, -0.1) is 0 Å². The lowest BCUT2D eigenvalue weighted by Crippen LogP contribution is -2.33. The smallest absolute Gasteiger partial charge is 0.343 e. The molecule has 5 nitrogen and oxygen atoms in total. The number of benzene rings is 2. The van der Waals surface area contributed by atoms with E-state index < -0.39 is 16.0 Å². The summed E-state index contributed by atoms with van der Waals surface area (Å²) in [4.78, 5) is 12.5. The first-order valence-electron chi connectivity index (χ1n) is 8.01. The van der Waals surface area contributed by atoms with Gasteiger partial charge in [0.1, 0.15) is 5.75 Å². The Labute approximate surface area is 149 Å². The van der Waals surface area contributed by atoms with Crippen LogP contribution in [0.1, 0.15) is 35.3 Å². The lowest BCUT2D eigenvalue weighted by Gasteiger charge is -2.21. The number of esters is 1. The van der Waals surface area contributed by atoms with Gasteiger partial charge in [0.2, 0.25) is 10.0 Å². The Balaban J connectivity index is 2.34. The number of aryl methyl sites for hydroxylation is 2. The second-order valence-electron chi connectivity index (χ2n) is 6.25. The van der Waals surface area contributed by atoms with Gasteiger partial charge in [-0.2, -0.15) is 4.31 Å². The molecule has 0 aliphatic carbocycles. The zero-order valence-corrected chi connectivity index (χ0v) is 15.9. The maximum atomic E-state index is 12.6. The van der Waals surface area contributed by atoms with Crippen LogP contribution in [-0.2, 0) is 10.0 Å². The third-order valence-corrected chi connectivity index (χ3v) is 6.11. The molecule has 2 rings (SSSR count). The van der Waals surface area contributed by atoms with E-state index >= 15 is 0 Å². The molecular formula is C19H23NO4S. The minimum atomic E-state index is -3.66. The van der Waals surface area contributed by atoms with Crippen molar-refractivity contribution in [3.63, 3.8) is 0 Å². The standard InChI is InChI=1S/C19H23NO4S/c1-13(2)20(5)25(22,23)17-11-7-10-16(12-17)19(21)24-18-14(3)8-6-9-15(18)4/h6-13H,1-5H3. The maximum absolute atomic E-state index is 12.6. The summed E-state index contributed by atoms with van der Waals surface area (Å²) >= 11 is 0. The van der Waals surface area contributed by atoms with Crippen molar-refractivity contribution in [2.75, 3.05) is 7.05 Å². The van der Waals surface area contributed by atoms with Gasteiger partial charge in [-0.05, 0) is 57.0 Å². The Hall–Kier alpha value is -2.18. The first-order chi connectivity index (χ1) is 11.6. The number of carbonyl (C=O) groups excluding carboxylic acids is 1. The highest BCUT2D eigenvalue weighted by atomic mass is 32.2. The lowest BCUT2D eigenvalue weighted by atomic mass is 10.1. The fraction of sp³-hybridized carbons (Fsp3) is 0.316. The molecule has 0 atom stereocenters. The largest absolute Gasteiger partial charge is 0.422 e. The summed E-state index contributed by atoms with van der Waals surface area (Å²) in [5.41, 5.74) is 1.88. The molecule has 0 radical (unpaired) electrons. The highest BCUT2D eigenvalue weighted by Gasteiger charge is 2.24. The Morgan fingerprint density at radius 1 is 1.04 bits per heavy atom. The third kappa shape index (κ3) is 4.08. The predicted molar refractivity (Wildman–Crippen MR) is 97.4 cm³/mol. The number of para-hydroxylation sites is 1. The first kappa shape index (κ1) is 19.1. The van der Waals surface area contributed by atoms with Gasteiger partial charge >= 0.3 is 5.97 Å².